The summed E-state index contributed by atoms with van der Waals surface area (Å²) in [5.41, 5.74) is 4.74. The summed E-state index contributed by atoms with van der Waals surface area (Å²) in [4.78, 5) is 22.3. The number of hydrogen-bond donors (Lipinski definition) is 4. The molecule has 0 saturated carbocycles. The zero-order valence-electron chi connectivity index (χ0n) is 8.81. The molecule has 1 aliphatic rings. The Morgan fingerprint density at radius 3 is 2.44 bits per heavy atom. The number of amides is 1. The third kappa shape index (κ3) is 2.91. The van der Waals surface area contributed by atoms with Gasteiger partial charge in [-0.25, -0.2) is 4.79 Å². The summed E-state index contributed by atoms with van der Waals surface area (Å²) in [5, 5.41) is 19.6. The summed E-state index contributed by atoms with van der Waals surface area (Å²) in [7, 11) is 0. The highest BCUT2D eigenvalue weighted by Gasteiger charge is 2.37. The van der Waals surface area contributed by atoms with E-state index >= 15 is 0 Å². The van der Waals surface area contributed by atoms with Crippen molar-refractivity contribution in [1.82, 2.24) is 5.32 Å². The first-order valence-corrected chi connectivity index (χ1v) is 5.01. The van der Waals surface area contributed by atoms with Gasteiger partial charge in [-0.15, -0.1) is 0 Å². The van der Waals surface area contributed by atoms with Gasteiger partial charge < -0.3 is 26.0 Å². The predicted octanol–water partition coefficient (Wildman–Crippen LogP) is -1.94. The Balaban J connectivity index is 2.59. The maximum atomic E-state index is 11.7. The molecule has 1 amide bonds. The number of ether oxygens (including phenoxy) is 1. The van der Waals surface area contributed by atoms with Crippen LogP contribution in [0.4, 0.5) is 0 Å². The normalized spacial score (nSPS) is 21.1. The van der Waals surface area contributed by atoms with Crippen molar-refractivity contribution in [2.24, 2.45) is 5.73 Å². The molecule has 1 rings (SSSR count). The van der Waals surface area contributed by atoms with Gasteiger partial charge in [0.2, 0.25) is 5.91 Å². The lowest BCUT2D eigenvalue weighted by molar-refractivity contribution is -0.144. The van der Waals surface area contributed by atoms with Crippen molar-refractivity contribution in [1.29, 1.82) is 0 Å². The lowest BCUT2D eigenvalue weighted by Crippen LogP contribution is -2.60. The molecule has 7 nitrogen and oxygen atoms in total. The maximum Gasteiger partial charge on any atom is 0.328 e. The van der Waals surface area contributed by atoms with Gasteiger partial charge in [0.05, 0.1) is 12.1 Å². The lowest BCUT2D eigenvalue weighted by atomic mass is 9.90. The van der Waals surface area contributed by atoms with Crippen LogP contribution in [0.15, 0.2) is 0 Å². The van der Waals surface area contributed by atoms with Crippen LogP contribution in [0.3, 0.4) is 0 Å². The van der Waals surface area contributed by atoms with E-state index in [1.54, 1.807) is 0 Å². The number of carboxylic acids is 1. The molecule has 16 heavy (non-hydrogen) atoms. The molecule has 0 radical (unpaired) electrons. The molecule has 5 N–H and O–H groups in total. The molecular weight excluding hydrogens is 216 g/mol. The first-order valence-electron chi connectivity index (χ1n) is 5.01. The quantitative estimate of drug-likeness (QED) is 0.447. The Labute approximate surface area is 92.6 Å². The molecule has 1 aliphatic heterocycles. The largest absolute Gasteiger partial charge is 0.480 e. The zero-order chi connectivity index (χ0) is 12.2. The summed E-state index contributed by atoms with van der Waals surface area (Å²) in [6, 6.07) is -1.31. The molecule has 0 aliphatic carbocycles. The van der Waals surface area contributed by atoms with Gasteiger partial charge in [-0.1, -0.05) is 0 Å². The van der Waals surface area contributed by atoms with E-state index in [9.17, 15) is 9.59 Å². The zero-order valence-corrected chi connectivity index (χ0v) is 8.81. The first-order chi connectivity index (χ1) is 7.49. The highest BCUT2D eigenvalue weighted by molar-refractivity contribution is 5.90. The maximum absolute atomic E-state index is 11.7. The Hall–Kier alpha value is -1.18. The van der Waals surface area contributed by atoms with Crippen LogP contribution in [0.1, 0.15) is 12.8 Å². The summed E-state index contributed by atoms with van der Waals surface area (Å²) in [6.07, 6.45) is 0.688. The van der Waals surface area contributed by atoms with Crippen LogP contribution in [-0.2, 0) is 14.3 Å². The number of carbonyl (C=O) groups is 2. The molecule has 1 heterocycles. The van der Waals surface area contributed by atoms with Crippen molar-refractivity contribution in [2.75, 3.05) is 19.8 Å². The van der Waals surface area contributed by atoms with E-state index in [2.05, 4.69) is 5.32 Å². The van der Waals surface area contributed by atoms with Gasteiger partial charge in [0, 0.05) is 13.2 Å². The third-order valence-corrected chi connectivity index (χ3v) is 2.62. The van der Waals surface area contributed by atoms with Gasteiger partial charge in [0.25, 0.3) is 0 Å². The smallest absolute Gasteiger partial charge is 0.328 e. The fourth-order valence-electron chi connectivity index (χ4n) is 1.45. The molecular formula is C9H16N2O5. The Morgan fingerprint density at radius 1 is 1.44 bits per heavy atom. The molecule has 1 unspecified atom stereocenters. The average molecular weight is 232 g/mol. The molecule has 7 heteroatoms. The van der Waals surface area contributed by atoms with Crippen LogP contribution < -0.4 is 11.1 Å². The summed E-state index contributed by atoms with van der Waals surface area (Å²) >= 11 is 0. The number of rotatable bonds is 4. The second-order valence-electron chi connectivity index (χ2n) is 3.82. The van der Waals surface area contributed by atoms with Gasteiger partial charge >= 0.3 is 5.97 Å². The molecule has 0 spiro atoms. The van der Waals surface area contributed by atoms with Crippen LogP contribution in [0, 0.1) is 0 Å². The number of nitrogens with two attached hydrogens (primary N) is 1. The number of carboxylic acid groups (broad SMARTS) is 1. The lowest BCUT2D eigenvalue weighted by Gasteiger charge is -2.32. The van der Waals surface area contributed by atoms with Crippen molar-refractivity contribution in [3.8, 4) is 0 Å². The topological polar surface area (TPSA) is 122 Å². The molecule has 0 aromatic heterocycles. The molecule has 0 aromatic carbocycles. The highest BCUT2D eigenvalue weighted by atomic mass is 16.5. The van der Waals surface area contributed by atoms with E-state index in [0.29, 0.717) is 26.1 Å². The third-order valence-electron chi connectivity index (χ3n) is 2.62. The number of aliphatic hydroxyl groups excluding tert-OH is 1. The SMILES string of the molecule is NC1(C(=O)NC(CO)C(=O)O)CCOCC1. The fourth-order valence-corrected chi connectivity index (χ4v) is 1.45. The Bertz CT molecular complexity index is 275. The molecule has 92 valence electrons. The van der Waals surface area contributed by atoms with Gasteiger partial charge in [0.1, 0.15) is 6.04 Å². The molecule has 1 fully saturated rings. The van der Waals surface area contributed by atoms with Gasteiger partial charge in [-0.2, -0.15) is 0 Å². The van der Waals surface area contributed by atoms with E-state index in [0.717, 1.165) is 0 Å². The first kappa shape index (κ1) is 12.9. The monoisotopic (exact) mass is 232 g/mol. The second-order valence-corrected chi connectivity index (χ2v) is 3.82. The van der Waals surface area contributed by atoms with Crippen molar-refractivity contribution < 1.29 is 24.5 Å². The van der Waals surface area contributed by atoms with Crippen LogP contribution >= 0.6 is 0 Å². The number of aliphatic hydroxyl groups is 1. The average Bonchev–Trinajstić information content (AvgIpc) is 2.26. The van der Waals surface area contributed by atoms with Gasteiger partial charge in [-0.05, 0) is 12.8 Å². The van der Waals surface area contributed by atoms with E-state index in [1.807, 2.05) is 0 Å². The van der Waals surface area contributed by atoms with Crippen LogP contribution in [0.25, 0.3) is 0 Å². The second kappa shape index (κ2) is 5.24. The van der Waals surface area contributed by atoms with Crippen molar-refractivity contribution in [2.45, 2.75) is 24.4 Å². The predicted molar refractivity (Wildman–Crippen MR) is 53.6 cm³/mol. The molecule has 1 atom stereocenters. The van der Waals surface area contributed by atoms with E-state index in [4.69, 9.17) is 20.7 Å². The Kier molecular flexibility index (Phi) is 4.22. The highest BCUT2D eigenvalue weighted by Crippen LogP contribution is 2.17. The minimum absolute atomic E-state index is 0.344. The van der Waals surface area contributed by atoms with Crippen LogP contribution in [-0.4, -0.2) is 53.5 Å². The number of aliphatic carboxylic acids is 1. The van der Waals surface area contributed by atoms with Crippen molar-refractivity contribution >= 4 is 11.9 Å². The standard InChI is InChI=1S/C9H16N2O5/c10-9(1-3-16-4-2-9)8(15)11-6(5-12)7(13)14/h6,12H,1-5,10H2,(H,11,15)(H,13,14). The fraction of sp³-hybridized carbons (Fsp3) is 0.778. The van der Waals surface area contributed by atoms with Gasteiger partial charge in [0.15, 0.2) is 0 Å². The van der Waals surface area contributed by atoms with Crippen LogP contribution in [0.2, 0.25) is 0 Å². The minimum Gasteiger partial charge on any atom is -0.480 e. The van der Waals surface area contributed by atoms with Crippen LogP contribution in [0.5, 0.6) is 0 Å². The summed E-state index contributed by atoms with van der Waals surface area (Å²) < 4.78 is 5.07. The summed E-state index contributed by atoms with van der Waals surface area (Å²) in [6.45, 7) is 0.0925. The number of carbonyl (C=O) groups excluding carboxylic acids is 1. The van der Waals surface area contributed by atoms with Crippen molar-refractivity contribution in [3.05, 3.63) is 0 Å². The molecule has 1 saturated heterocycles. The molecule has 0 aromatic rings. The minimum atomic E-state index is -1.31. The van der Waals surface area contributed by atoms with E-state index in [1.165, 1.54) is 0 Å². The van der Waals surface area contributed by atoms with E-state index in [-0.39, 0.29) is 0 Å². The van der Waals surface area contributed by atoms with Crippen molar-refractivity contribution in [3.63, 3.8) is 0 Å². The molecule has 0 bridgehead atoms. The Morgan fingerprint density at radius 2 is 2.00 bits per heavy atom. The number of hydrogen-bond acceptors (Lipinski definition) is 5. The summed E-state index contributed by atoms with van der Waals surface area (Å²) in [5.74, 6) is -1.84. The van der Waals surface area contributed by atoms with E-state index < -0.39 is 30.1 Å². The number of nitrogens with one attached hydrogen (secondary N) is 1. The van der Waals surface area contributed by atoms with Gasteiger partial charge in [-0.3, -0.25) is 4.79 Å².